The van der Waals surface area contributed by atoms with Gasteiger partial charge in [0.05, 0.1) is 6.07 Å². The lowest BCUT2D eigenvalue weighted by atomic mass is 9.98. The molecule has 1 aromatic heterocycles. The Balaban J connectivity index is 1.93. The van der Waals surface area contributed by atoms with Gasteiger partial charge in [-0.05, 0) is 38.5 Å². The highest BCUT2D eigenvalue weighted by molar-refractivity contribution is 5.77. The minimum atomic E-state index is -0.994. The number of nitrogens with one attached hydrogen (secondary N) is 1. The highest BCUT2D eigenvalue weighted by Gasteiger charge is 2.43. The average Bonchev–Trinajstić information content (AvgIpc) is 3.31. The summed E-state index contributed by atoms with van der Waals surface area (Å²) in [6.07, 6.45) is 2.93. The Morgan fingerprint density at radius 2 is 2.08 bits per heavy atom. The van der Waals surface area contributed by atoms with Crippen molar-refractivity contribution in [2.24, 2.45) is 5.92 Å². The molecular formula is C16H17N5O3. The molecule has 1 aliphatic heterocycles. The van der Waals surface area contributed by atoms with Crippen LogP contribution in [0.2, 0.25) is 0 Å². The van der Waals surface area contributed by atoms with Gasteiger partial charge in [-0.1, -0.05) is 0 Å². The predicted molar refractivity (Wildman–Crippen MR) is 82.9 cm³/mol. The maximum Gasteiger partial charge on any atom is 0.331 e. The number of fused-ring (bicyclic) bond motifs is 1. The number of rotatable bonds is 4. The summed E-state index contributed by atoms with van der Waals surface area (Å²) >= 11 is 0. The van der Waals surface area contributed by atoms with E-state index >= 15 is 0 Å². The molecule has 2 heterocycles. The summed E-state index contributed by atoms with van der Waals surface area (Å²) in [6, 6.07) is 3.94. The van der Waals surface area contributed by atoms with E-state index in [1.807, 2.05) is 6.07 Å². The summed E-state index contributed by atoms with van der Waals surface area (Å²) in [5.41, 5.74) is -1.94. The molecule has 24 heavy (non-hydrogen) atoms. The summed E-state index contributed by atoms with van der Waals surface area (Å²) < 4.78 is 2.17. The Morgan fingerprint density at radius 3 is 2.67 bits per heavy atom. The van der Waals surface area contributed by atoms with Crippen LogP contribution in [0.25, 0.3) is 0 Å². The van der Waals surface area contributed by atoms with Crippen molar-refractivity contribution in [3.63, 3.8) is 0 Å². The Hall–Kier alpha value is -2.87. The third-order valence-corrected chi connectivity index (χ3v) is 4.77. The van der Waals surface area contributed by atoms with Crippen molar-refractivity contribution in [1.29, 1.82) is 10.5 Å². The van der Waals surface area contributed by atoms with Crippen molar-refractivity contribution >= 4 is 5.91 Å². The predicted octanol–water partition coefficient (Wildman–Crippen LogP) is -0.364. The Morgan fingerprint density at radius 1 is 1.38 bits per heavy atom. The molecule has 1 amide bonds. The number of amides is 1. The van der Waals surface area contributed by atoms with Crippen LogP contribution < -0.4 is 16.6 Å². The molecule has 8 heteroatoms. The van der Waals surface area contributed by atoms with Crippen molar-refractivity contribution in [2.45, 2.75) is 51.2 Å². The van der Waals surface area contributed by atoms with Crippen LogP contribution in [0.5, 0.6) is 0 Å². The van der Waals surface area contributed by atoms with Gasteiger partial charge in [0.15, 0.2) is 0 Å². The topological polar surface area (TPSA) is 121 Å². The van der Waals surface area contributed by atoms with Crippen molar-refractivity contribution < 1.29 is 4.79 Å². The molecule has 0 bridgehead atoms. The molecule has 8 nitrogen and oxygen atoms in total. The first kappa shape index (κ1) is 16.0. The van der Waals surface area contributed by atoms with Gasteiger partial charge < -0.3 is 5.32 Å². The van der Waals surface area contributed by atoms with Gasteiger partial charge in [0.1, 0.15) is 23.7 Å². The third-order valence-electron chi connectivity index (χ3n) is 4.77. The lowest BCUT2D eigenvalue weighted by Gasteiger charge is -2.23. The second kappa shape index (κ2) is 5.64. The standard InChI is InChI=1S/C16H17N5O3/c1-16(9-18,10-4-5-10)19-13(22)8-21-14(23)11(7-17)12-3-2-6-20(12)15(21)24/h10H,2-6,8H2,1H3,(H,19,22)/t16-/m1/s1. The van der Waals surface area contributed by atoms with Gasteiger partial charge in [0, 0.05) is 12.2 Å². The van der Waals surface area contributed by atoms with Gasteiger partial charge in [-0.3, -0.25) is 14.2 Å². The van der Waals surface area contributed by atoms with E-state index in [2.05, 4.69) is 11.4 Å². The molecule has 0 spiro atoms. The van der Waals surface area contributed by atoms with Gasteiger partial charge in [0.2, 0.25) is 5.91 Å². The first-order valence-corrected chi connectivity index (χ1v) is 7.90. The quantitative estimate of drug-likeness (QED) is 0.809. The number of aromatic nitrogens is 2. The summed E-state index contributed by atoms with van der Waals surface area (Å²) in [5, 5.41) is 21.1. The van der Waals surface area contributed by atoms with Gasteiger partial charge in [0.25, 0.3) is 5.56 Å². The highest BCUT2D eigenvalue weighted by atomic mass is 16.2. The molecule has 1 saturated carbocycles. The van der Waals surface area contributed by atoms with Crippen molar-refractivity contribution in [3.05, 3.63) is 32.1 Å². The zero-order valence-corrected chi connectivity index (χ0v) is 13.3. The maximum atomic E-state index is 12.4. The molecule has 0 radical (unpaired) electrons. The molecule has 124 valence electrons. The number of nitriles is 2. The van der Waals surface area contributed by atoms with E-state index in [1.165, 1.54) is 4.57 Å². The van der Waals surface area contributed by atoms with Crippen LogP contribution in [0.3, 0.4) is 0 Å². The van der Waals surface area contributed by atoms with Crippen LogP contribution in [0.15, 0.2) is 9.59 Å². The second-order valence-corrected chi connectivity index (χ2v) is 6.50. The van der Waals surface area contributed by atoms with E-state index in [0.29, 0.717) is 25.1 Å². The molecule has 1 N–H and O–H groups in total. The monoisotopic (exact) mass is 327 g/mol. The number of hydrogen-bond donors (Lipinski definition) is 1. The number of nitrogens with zero attached hydrogens (tertiary/aromatic N) is 4. The lowest BCUT2D eigenvalue weighted by Crippen LogP contribution is -2.51. The van der Waals surface area contributed by atoms with E-state index in [0.717, 1.165) is 17.4 Å². The van der Waals surface area contributed by atoms with Gasteiger partial charge >= 0.3 is 5.69 Å². The van der Waals surface area contributed by atoms with E-state index in [1.54, 1.807) is 6.92 Å². The van der Waals surface area contributed by atoms with Crippen LogP contribution in [0, 0.1) is 28.6 Å². The first-order chi connectivity index (χ1) is 11.4. The maximum absolute atomic E-state index is 12.4. The summed E-state index contributed by atoms with van der Waals surface area (Å²) in [4.78, 5) is 37.1. The first-order valence-electron chi connectivity index (χ1n) is 7.90. The molecule has 1 fully saturated rings. The van der Waals surface area contributed by atoms with Gasteiger partial charge in [-0.2, -0.15) is 10.5 Å². The minimum absolute atomic E-state index is 0.0786. The van der Waals surface area contributed by atoms with Crippen LogP contribution in [-0.2, 0) is 24.3 Å². The van der Waals surface area contributed by atoms with Crippen molar-refractivity contribution in [2.75, 3.05) is 0 Å². The van der Waals surface area contributed by atoms with Crippen LogP contribution >= 0.6 is 0 Å². The summed E-state index contributed by atoms with van der Waals surface area (Å²) in [7, 11) is 0. The summed E-state index contributed by atoms with van der Waals surface area (Å²) in [5.74, 6) is -0.480. The number of carbonyl (C=O) groups excluding carboxylic acids is 1. The molecule has 0 aromatic carbocycles. The van der Waals surface area contributed by atoms with E-state index in [-0.39, 0.29) is 11.5 Å². The van der Waals surface area contributed by atoms with Gasteiger partial charge in [-0.25, -0.2) is 9.36 Å². The van der Waals surface area contributed by atoms with Crippen molar-refractivity contribution in [3.8, 4) is 12.1 Å². The Bertz CT molecular complexity index is 910. The number of carbonyl (C=O) groups is 1. The largest absolute Gasteiger partial charge is 0.336 e. The molecule has 1 atom stereocenters. The Labute approximate surface area is 137 Å². The zero-order chi connectivity index (χ0) is 17.5. The average molecular weight is 327 g/mol. The fourth-order valence-corrected chi connectivity index (χ4v) is 3.24. The molecule has 0 unspecified atom stereocenters. The third kappa shape index (κ3) is 2.50. The van der Waals surface area contributed by atoms with E-state index < -0.39 is 29.2 Å². The molecule has 1 aliphatic carbocycles. The van der Waals surface area contributed by atoms with E-state index in [4.69, 9.17) is 0 Å². The second-order valence-electron chi connectivity index (χ2n) is 6.50. The molecule has 0 saturated heterocycles. The molecule has 1 aromatic rings. The van der Waals surface area contributed by atoms with Gasteiger partial charge in [-0.15, -0.1) is 0 Å². The highest BCUT2D eigenvalue weighted by Crippen LogP contribution is 2.39. The SMILES string of the molecule is C[C@](C#N)(NC(=O)Cn1c(=O)c(C#N)c2n(c1=O)CCC2)C1CC1. The lowest BCUT2D eigenvalue weighted by molar-refractivity contribution is -0.123. The van der Waals surface area contributed by atoms with Crippen LogP contribution in [0.1, 0.15) is 37.4 Å². The zero-order valence-electron chi connectivity index (χ0n) is 13.3. The number of hydrogen-bond acceptors (Lipinski definition) is 5. The normalized spacial score (nSPS) is 18.1. The fourth-order valence-electron chi connectivity index (χ4n) is 3.24. The van der Waals surface area contributed by atoms with Crippen LogP contribution in [-0.4, -0.2) is 20.6 Å². The van der Waals surface area contributed by atoms with Crippen LogP contribution in [0.4, 0.5) is 0 Å². The molecule has 2 aliphatic rings. The smallest absolute Gasteiger partial charge is 0.331 e. The summed E-state index contributed by atoms with van der Waals surface area (Å²) in [6.45, 7) is 1.58. The molecular weight excluding hydrogens is 310 g/mol. The fraction of sp³-hybridized carbons (Fsp3) is 0.562. The Kier molecular flexibility index (Phi) is 3.76. The van der Waals surface area contributed by atoms with E-state index in [9.17, 15) is 24.9 Å². The molecule has 3 rings (SSSR count). The van der Waals surface area contributed by atoms with Crippen molar-refractivity contribution in [1.82, 2.24) is 14.5 Å². The minimum Gasteiger partial charge on any atom is -0.336 e.